The minimum Gasteiger partial charge on any atom is -0.508 e. The Balaban J connectivity index is 1.34. The van der Waals surface area contributed by atoms with Crippen LogP contribution in [0.1, 0.15) is 54.4 Å². The van der Waals surface area contributed by atoms with E-state index in [4.69, 9.17) is 10.5 Å². The summed E-state index contributed by atoms with van der Waals surface area (Å²) >= 11 is 0. The Morgan fingerprint density at radius 1 is 0.644 bits per heavy atom. The van der Waals surface area contributed by atoms with Crippen LogP contribution in [-0.4, -0.2) is 78.3 Å². The standard InChI is InChI=1S/C47H55N5O7/c1-31(35-18-19-37-29-40(59-2)23-20-36(37)28-35)44(54)50-38(25-32-11-5-3-6-12-32)30-49-42(26-33-13-7-4-8-14-33)46(56)51-41(15-9-10-24-48)45(55)52-43(47(57)58)27-34-16-21-39(53)22-17-34/h3-8,11-14,16-23,28-29,31,38,41-43,49,53H,9-10,15,24-27,30,48H2,1-2H3,(H,50,54)(H,51,56)(H,52,55)(H,57,58). The number of nitrogens with two attached hydrogens (primary N) is 1. The number of amides is 3. The third kappa shape index (κ3) is 13.4. The maximum atomic E-state index is 14.3. The molecule has 12 nitrogen and oxygen atoms in total. The quantitative estimate of drug-likeness (QED) is 0.0472. The van der Waals surface area contributed by atoms with Crippen LogP contribution in [0, 0.1) is 0 Å². The van der Waals surface area contributed by atoms with Gasteiger partial charge in [0.1, 0.15) is 23.6 Å². The molecule has 0 bridgehead atoms. The highest BCUT2D eigenvalue weighted by Crippen LogP contribution is 2.25. The number of ether oxygens (including phenoxy) is 1. The summed E-state index contributed by atoms with van der Waals surface area (Å²) in [7, 11) is 1.63. The molecule has 310 valence electrons. The van der Waals surface area contributed by atoms with E-state index in [9.17, 15) is 29.4 Å². The topological polar surface area (TPSA) is 192 Å². The van der Waals surface area contributed by atoms with E-state index in [1.807, 2.05) is 104 Å². The van der Waals surface area contributed by atoms with Gasteiger partial charge >= 0.3 is 5.97 Å². The van der Waals surface area contributed by atoms with Crippen molar-refractivity contribution in [3.63, 3.8) is 0 Å². The van der Waals surface area contributed by atoms with E-state index in [0.717, 1.165) is 33.2 Å². The minimum absolute atomic E-state index is 0.0216. The number of benzene rings is 5. The third-order valence-electron chi connectivity index (χ3n) is 10.4. The summed E-state index contributed by atoms with van der Waals surface area (Å²) in [5.41, 5.74) is 9.12. The van der Waals surface area contributed by atoms with E-state index in [-0.39, 0.29) is 37.5 Å². The van der Waals surface area contributed by atoms with Gasteiger partial charge in [0.2, 0.25) is 17.7 Å². The highest BCUT2D eigenvalue weighted by molar-refractivity contribution is 5.92. The molecule has 8 N–H and O–H groups in total. The van der Waals surface area contributed by atoms with Crippen molar-refractivity contribution in [3.8, 4) is 11.5 Å². The molecular weight excluding hydrogens is 747 g/mol. The summed E-state index contributed by atoms with van der Waals surface area (Å²) in [6, 6.07) is 33.6. The molecule has 0 saturated heterocycles. The zero-order chi connectivity index (χ0) is 42.1. The average Bonchev–Trinajstić information content (AvgIpc) is 3.25. The van der Waals surface area contributed by atoms with Gasteiger partial charge in [-0.2, -0.15) is 0 Å². The number of carbonyl (C=O) groups excluding carboxylic acids is 3. The smallest absolute Gasteiger partial charge is 0.326 e. The van der Waals surface area contributed by atoms with Crippen molar-refractivity contribution in [1.82, 2.24) is 21.3 Å². The van der Waals surface area contributed by atoms with Gasteiger partial charge in [-0.05, 0) is 103 Å². The van der Waals surface area contributed by atoms with Crippen LogP contribution in [0.4, 0.5) is 0 Å². The number of unbranched alkanes of at least 4 members (excludes halogenated alkanes) is 1. The first-order valence-electron chi connectivity index (χ1n) is 20.0. The van der Waals surface area contributed by atoms with E-state index in [0.29, 0.717) is 31.4 Å². The van der Waals surface area contributed by atoms with Crippen molar-refractivity contribution in [2.75, 3.05) is 20.2 Å². The number of rotatable bonds is 22. The molecule has 0 aliphatic carbocycles. The molecule has 5 unspecified atom stereocenters. The number of carboxylic acids is 1. The van der Waals surface area contributed by atoms with Crippen LogP contribution in [0.2, 0.25) is 0 Å². The first-order chi connectivity index (χ1) is 28.5. The Labute approximate surface area is 345 Å². The summed E-state index contributed by atoms with van der Waals surface area (Å²) < 4.78 is 5.37. The molecule has 5 rings (SSSR count). The van der Waals surface area contributed by atoms with Crippen molar-refractivity contribution in [1.29, 1.82) is 0 Å². The Morgan fingerprint density at radius 3 is 1.86 bits per heavy atom. The zero-order valence-corrected chi connectivity index (χ0v) is 33.6. The second-order valence-electron chi connectivity index (χ2n) is 14.9. The lowest BCUT2D eigenvalue weighted by atomic mass is 9.96. The number of phenols is 1. The second-order valence-corrected chi connectivity index (χ2v) is 14.9. The summed E-state index contributed by atoms with van der Waals surface area (Å²) in [5.74, 6) is -2.15. The predicted molar refractivity (Wildman–Crippen MR) is 229 cm³/mol. The fourth-order valence-corrected chi connectivity index (χ4v) is 6.95. The van der Waals surface area contributed by atoms with Gasteiger partial charge in [-0.1, -0.05) is 97.1 Å². The van der Waals surface area contributed by atoms with Crippen LogP contribution < -0.4 is 31.7 Å². The van der Waals surface area contributed by atoms with Crippen LogP contribution in [0.3, 0.4) is 0 Å². The first-order valence-corrected chi connectivity index (χ1v) is 20.0. The summed E-state index contributed by atoms with van der Waals surface area (Å²) in [6.07, 6.45) is 2.12. The zero-order valence-electron chi connectivity index (χ0n) is 33.6. The number of nitrogens with one attached hydrogen (secondary N) is 4. The highest BCUT2D eigenvalue weighted by Gasteiger charge is 2.30. The van der Waals surface area contributed by atoms with Gasteiger partial charge in [-0.25, -0.2) is 4.79 Å². The van der Waals surface area contributed by atoms with Gasteiger partial charge in [0.25, 0.3) is 0 Å². The summed E-state index contributed by atoms with van der Waals surface area (Å²) in [4.78, 5) is 54.2. The molecule has 59 heavy (non-hydrogen) atoms. The number of phenolic OH excluding ortho intramolecular Hbond substituents is 1. The first kappa shape index (κ1) is 43.9. The molecule has 3 amide bonds. The highest BCUT2D eigenvalue weighted by atomic mass is 16.5. The molecule has 5 aromatic carbocycles. The van der Waals surface area contributed by atoms with Gasteiger partial charge < -0.3 is 42.0 Å². The van der Waals surface area contributed by atoms with E-state index < -0.39 is 47.9 Å². The third-order valence-corrected chi connectivity index (χ3v) is 10.4. The monoisotopic (exact) mass is 801 g/mol. The average molecular weight is 802 g/mol. The SMILES string of the molecule is COc1ccc2cc(C(C)C(=O)NC(CNC(Cc3ccccc3)C(=O)NC(CCCCN)C(=O)NC(Cc3ccc(O)cc3)C(=O)O)Cc3ccccc3)ccc2c1. The fraction of sp³-hybridized carbons (Fsp3) is 0.319. The number of carboxylic acid groups (broad SMARTS) is 1. The van der Waals surface area contributed by atoms with Gasteiger partial charge in [0, 0.05) is 19.0 Å². The number of methoxy groups -OCH3 is 1. The largest absolute Gasteiger partial charge is 0.508 e. The van der Waals surface area contributed by atoms with E-state index in [1.165, 1.54) is 12.1 Å². The van der Waals surface area contributed by atoms with Gasteiger partial charge in [-0.15, -0.1) is 0 Å². The number of hydrogen-bond acceptors (Lipinski definition) is 8. The van der Waals surface area contributed by atoms with Gasteiger partial charge in [-0.3, -0.25) is 14.4 Å². The molecule has 0 spiro atoms. The van der Waals surface area contributed by atoms with E-state index in [2.05, 4.69) is 21.3 Å². The maximum absolute atomic E-state index is 14.3. The number of fused-ring (bicyclic) bond motifs is 1. The van der Waals surface area contributed by atoms with Crippen LogP contribution in [0.15, 0.2) is 121 Å². The van der Waals surface area contributed by atoms with Crippen LogP contribution >= 0.6 is 0 Å². The summed E-state index contributed by atoms with van der Waals surface area (Å²) in [5, 5.41) is 33.8. The Morgan fingerprint density at radius 2 is 1.22 bits per heavy atom. The lowest BCUT2D eigenvalue weighted by molar-refractivity contribution is -0.142. The molecule has 0 saturated carbocycles. The number of carbonyl (C=O) groups is 4. The van der Waals surface area contributed by atoms with Crippen molar-refractivity contribution < 1.29 is 34.1 Å². The Kier molecular flexibility index (Phi) is 16.4. The fourth-order valence-electron chi connectivity index (χ4n) is 6.95. The minimum atomic E-state index is -1.28. The second kappa shape index (κ2) is 22.1. The van der Waals surface area contributed by atoms with E-state index >= 15 is 0 Å². The molecule has 0 aliphatic heterocycles. The molecule has 0 heterocycles. The molecule has 0 fully saturated rings. The molecule has 0 aliphatic rings. The lowest BCUT2D eigenvalue weighted by Crippen LogP contribution is -2.57. The lowest BCUT2D eigenvalue weighted by Gasteiger charge is -2.27. The van der Waals surface area contributed by atoms with Crippen molar-refractivity contribution in [2.24, 2.45) is 5.73 Å². The maximum Gasteiger partial charge on any atom is 0.326 e. The Hall–Kier alpha value is -6.24. The molecule has 0 aromatic heterocycles. The van der Waals surface area contributed by atoms with Gasteiger partial charge in [0.15, 0.2) is 0 Å². The summed E-state index contributed by atoms with van der Waals surface area (Å²) in [6.45, 7) is 2.49. The van der Waals surface area contributed by atoms with Crippen LogP contribution in [0.5, 0.6) is 11.5 Å². The molecule has 0 radical (unpaired) electrons. The number of aliphatic carboxylic acids is 1. The number of aromatic hydroxyl groups is 1. The molecule has 5 aromatic rings. The Bertz CT molecular complexity index is 2130. The van der Waals surface area contributed by atoms with Crippen molar-refractivity contribution >= 4 is 34.5 Å². The molecular formula is C47H55N5O7. The van der Waals surface area contributed by atoms with Crippen LogP contribution in [0.25, 0.3) is 10.8 Å². The van der Waals surface area contributed by atoms with Crippen LogP contribution in [-0.2, 0) is 38.4 Å². The van der Waals surface area contributed by atoms with Crippen molar-refractivity contribution in [3.05, 3.63) is 144 Å². The van der Waals surface area contributed by atoms with Gasteiger partial charge in [0.05, 0.1) is 19.1 Å². The van der Waals surface area contributed by atoms with E-state index in [1.54, 1.807) is 19.2 Å². The number of hydrogen-bond donors (Lipinski definition) is 7. The predicted octanol–water partition coefficient (Wildman–Crippen LogP) is 5.01. The molecule has 5 atom stereocenters. The van der Waals surface area contributed by atoms with Crippen molar-refractivity contribution in [2.45, 2.75) is 75.5 Å². The molecule has 12 heteroatoms. The normalized spacial score (nSPS) is 13.7.